The number of carbonyl (C=O) groups excluding carboxylic acids is 2. The smallest absolute Gasteiger partial charge is 0.412 e. The second-order valence-electron chi connectivity index (χ2n) is 6.46. The number of nitrogens with two attached hydrogens (primary N) is 1. The first-order valence-corrected chi connectivity index (χ1v) is 9.68. The SMILES string of the molecule is N#CC(=NNc1cc(Cl)c(Oc2ccc(=O)n(C3CCC3)c2)c(Cl)c1)C(=O)OC(N)=O. The van der Waals surface area contributed by atoms with Crippen molar-refractivity contribution in [3.8, 4) is 17.6 Å². The standard InChI is InChI=1S/C19H15Cl2N5O5/c20-13-6-10(24-25-15(8-22)18(28)31-19(23)29)7-14(21)17(13)30-12-4-5-16(27)26(9-12)11-2-1-3-11/h4-7,9,11,24H,1-3H2,(H2,23,29). The van der Waals surface area contributed by atoms with Crippen LogP contribution < -0.4 is 21.5 Å². The maximum atomic E-state index is 12.0. The number of amides is 1. The van der Waals surface area contributed by atoms with E-state index in [4.69, 9.17) is 38.9 Å². The number of nitriles is 1. The molecule has 1 amide bonds. The maximum absolute atomic E-state index is 12.0. The first-order chi connectivity index (χ1) is 14.8. The van der Waals surface area contributed by atoms with Gasteiger partial charge in [-0.3, -0.25) is 10.2 Å². The van der Waals surface area contributed by atoms with E-state index in [0.717, 1.165) is 19.3 Å². The summed E-state index contributed by atoms with van der Waals surface area (Å²) in [7, 11) is 0. The number of nitrogens with zero attached hydrogens (tertiary/aromatic N) is 3. The molecule has 0 atom stereocenters. The molecule has 2 aromatic rings. The van der Waals surface area contributed by atoms with Gasteiger partial charge in [-0.2, -0.15) is 10.4 Å². The van der Waals surface area contributed by atoms with Gasteiger partial charge in [0.05, 0.1) is 21.9 Å². The number of pyridine rings is 1. The number of hydrogen-bond acceptors (Lipinski definition) is 8. The van der Waals surface area contributed by atoms with Crippen LogP contribution in [0.5, 0.6) is 11.5 Å². The molecule has 1 aromatic heterocycles. The number of anilines is 1. The highest BCUT2D eigenvalue weighted by Gasteiger charge is 2.21. The Hall–Kier alpha value is -3.55. The Bertz CT molecular complexity index is 1140. The first-order valence-electron chi connectivity index (χ1n) is 8.93. The lowest BCUT2D eigenvalue weighted by atomic mass is 9.93. The highest BCUT2D eigenvalue weighted by atomic mass is 35.5. The van der Waals surface area contributed by atoms with Crippen molar-refractivity contribution in [1.82, 2.24) is 4.57 Å². The van der Waals surface area contributed by atoms with E-state index in [9.17, 15) is 14.4 Å². The number of carbonyl (C=O) groups is 2. The first kappa shape index (κ1) is 22.1. The normalized spacial score (nSPS) is 13.6. The minimum atomic E-state index is -1.37. The van der Waals surface area contributed by atoms with Crippen LogP contribution in [0.3, 0.4) is 0 Å². The summed E-state index contributed by atoms with van der Waals surface area (Å²) in [6.07, 6.45) is 3.18. The average molecular weight is 464 g/mol. The van der Waals surface area contributed by atoms with E-state index < -0.39 is 17.8 Å². The van der Waals surface area contributed by atoms with Crippen LogP contribution in [0.1, 0.15) is 25.3 Å². The molecule has 0 saturated heterocycles. The zero-order chi connectivity index (χ0) is 22.5. The Labute approximate surface area is 185 Å². The topological polar surface area (TPSA) is 149 Å². The van der Waals surface area contributed by atoms with Crippen molar-refractivity contribution in [2.45, 2.75) is 25.3 Å². The van der Waals surface area contributed by atoms with Crippen LogP contribution in [0.2, 0.25) is 10.0 Å². The molecule has 12 heteroatoms. The monoisotopic (exact) mass is 463 g/mol. The van der Waals surface area contributed by atoms with Crippen LogP contribution in [-0.4, -0.2) is 22.3 Å². The molecule has 160 valence electrons. The molecule has 0 radical (unpaired) electrons. The minimum Gasteiger partial charge on any atom is -0.453 e. The summed E-state index contributed by atoms with van der Waals surface area (Å²) in [6.45, 7) is 0. The predicted octanol–water partition coefficient (Wildman–Crippen LogP) is 3.59. The average Bonchev–Trinajstić information content (AvgIpc) is 2.65. The van der Waals surface area contributed by atoms with Gasteiger partial charge < -0.3 is 19.8 Å². The van der Waals surface area contributed by atoms with E-state index in [0.29, 0.717) is 5.75 Å². The van der Waals surface area contributed by atoms with Gasteiger partial charge in [-0.1, -0.05) is 23.2 Å². The van der Waals surface area contributed by atoms with Crippen LogP contribution in [0.25, 0.3) is 0 Å². The van der Waals surface area contributed by atoms with Gasteiger partial charge in [0.25, 0.3) is 5.56 Å². The Balaban J connectivity index is 1.79. The minimum absolute atomic E-state index is 0.102. The number of ether oxygens (including phenoxy) is 2. The highest BCUT2D eigenvalue weighted by Crippen LogP contribution is 2.39. The van der Waals surface area contributed by atoms with Gasteiger partial charge in [-0.15, -0.1) is 0 Å². The van der Waals surface area contributed by atoms with Crippen molar-refractivity contribution in [2.75, 3.05) is 5.43 Å². The molecule has 10 nitrogen and oxygen atoms in total. The number of primary amides is 1. The summed E-state index contributed by atoms with van der Waals surface area (Å²) in [6, 6.07) is 7.33. The molecule has 1 aliphatic carbocycles. The molecule has 0 unspecified atom stereocenters. The maximum Gasteiger partial charge on any atom is 0.412 e. The Kier molecular flexibility index (Phi) is 6.79. The highest BCUT2D eigenvalue weighted by molar-refractivity contribution is 6.44. The summed E-state index contributed by atoms with van der Waals surface area (Å²) >= 11 is 12.5. The van der Waals surface area contributed by atoms with Crippen molar-refractivity contribution >= 4 is 46.7 Å². The van der Waals surface area contributed by atoms with Gasteiger partial charge in [0.1, 0.15) is 11.8 Å². The third-order valence-electron chi connectivity index (χ3n) is 4.39. The second-order valence-corrected chi connectivity index (χ2v) is 7.27. The number of rotatable bonds is 6. The van der Waals surface area contributed by atoms with E-state index in [1.54, 1.807) is 10.8 Å². The number of benzene rings is 1. The number of nitrogens with one attached hydrogen (secondary N) is 1. The van der Waals surface area contributed by atoms with Crippen molar-refractivity contribution in [3.05, 3.63) is 50.9 Å². The molecule has 3 N–H and O–H groups in total. The predicted molar refractivity (Wildman–Crippen MR) is 112 cm³/mol. The summed E-state index contributed by atoms with van der Waals surface area (Å²) in [5.74, 6) is -0.790. The lowest BCUT2D eigenvalue weighted by Crippen LogP contribution is -2.27. The summed E-state index contributed by atoms with van der Waals surface area (Å²) in [5, 5.41) is 12.7. The molecule has 0 bridgehead atoms. The quantitative estimate of drug-likeness (QED) is 0.287. The number of halogens is 2. The number of hydrazone groups is 1. The van der Waals surface area contributed by atoms with Gasteiger partial charge in [-0.05, 0) is 37.5 Å². The molecule has 0 spiro atoms. The van der Waals surface area contributed by atoms with Crippen molar-refractivity contribution in [2.24, 2.45) is 10.8 Å². The van der Waals surface area contributed by atoms with Gasteiger partial charge >= 0.3 is 12.1 Å². The molecule has 0 aliphatic heterocycles. The molecule has 3 rings (SSSR count). The Morgan fingerprint density at radius 3 is 2.48 bits per heavy atom. The number of hydrogen-bond donors (Lipinski definition) is 2. The fraction of sp³-hybridized carbons (Fsp3) is 0.211. The van der Waals surface area contributed by atoms with Gasteiger partial charge in [0, 0.05) is 12.1 Å². The Morgan fingerprint density at radius 2 is 1.94 bits per heavy atom. The van der Waals surface area contributed by atoms with E-state index in [1.165, 1.54) is 30.3 Å². The van der Waals surface area contributed by atoms with E-state index in [-0.39, 0.29) is 33.1 Å². The molecule has 1 aliphatic rings. The number of aromatic nitrogens is 1. The molecule has 1 fully saturated rings. The van der Waals surface area contributed by atoms with E-state index in [2.05, 4.69) is 15.3 Å². The fourth-order valence-corrected chi connectivity index (χ4v) is 3.27. The third-order valence-corrected chi connectivity index (χ3v) is 4.95. The van der Waals surface area contributed by atoms with Gasteiger partial charge in [0.2, 0.25) is 5.71 Å². The van der Waals surface area contributed by atoms with Crippen LogP contribution in [0.15, 0.2) is 40.4 Å². The molecule has 1 saturated carbocycles. The number of esters is 1. The summed E-state index contributed by atoms with van der Waals surface area (Å²) in [5.41, 5.74) is 6.50. The van der Waals surface area contributed by atoms with Crippen LogP contribution in [0, 0.1) is 11.3 Å². The molecular formula is C19H15Cl2N5O5. The fourth-order valence-electron chi connectivity index (χ4n) is 2.71. The zero-order valence-corrected chi connectivity index (χ0v) is 17.3. The van der Waals surface area contributed by atoms with Crippen molar-refractivity contribution in [3.63, 3.8) is 0 Å². The van der Waals surface area contributed by atoms with E-state index in [1.807, 2.05) is 0 Å². The zero-order valence-electron chi connectivity index (χ0n) is 15.8. The van der Waals surface area contributed by atoms with Gasteiger partial charge in [-0.25, -0.2) is 9.59 Å². The van der Waals surface area contributed by atoms with E-state index >= 15 is 0 Å². The second kappa shape index (κ2) is 9.51. The van der Waals surface area contributed by atoms with Crippen molar-refractivity contribution < 1.29 is 19.1 Å². The Morgan fingerprint density at radius 1 is 1.26 bits per heavy atom. The van der Waals surface area contributed by atoms with Crippen LogP contribution >= 0.6 is 23.2 Å². The van der Waals surface area contributed by atoms with Crippen LogP contribution in [0.4, 0.5) is 10.5 Å². The van der Waals surface area contributed by atoms with Gasteiger partial charge in [0.15, 0.2) is 5.75 Å². The molecule has 1 aromatic carbocycles. The lowest BCUT2D eigenvalue weighted by molar-refractivity contribution is -0.129. The molecular weight excluding hydrogens is 449 g/mol. The molecule has 31 heavy (non-hydrogen) atoms. The molecule has 1 heterocycles. The van der Waals surface area contributed by atoms with Crippen molar-refractivity contribution in [1.29, 1.82) is 5.26 Å². The van der Waals surface area contributed by atoms with Crippen LogP contribution in [-0.2, 0) is 9.53 Å². The largest absolute Gasteiger partial charge is 0.453 e. The summed E-state index contributed by atoms with van der Waals surface area (Å²) < 4.78 is 11.5. The summed E-state index contributed by atoms with van der Waals surface area (Å²) in [4.78, 5) is 34.2. The third kappa shape index (κ3) is 5.33. The lowest BCUT2D eigenvalue weighted by Gasteiger charge is -2.27.